The van der Waals surface area contributed by atoms with Crippen molar-refractivity contribution in [3.8, 4) is 0 Å². The van der Waals surface area contributed by atoms with E-state index in [0.717, 1.165) is 25.3 Å². The first-order valence-electron chi connectivity index (χ1n) is 6.64. The summed E-state index contributed by atoms with van der Waals surface area (Å²) in [5.41, 5.74) is -0.385. The topological polar surface area (TPSA) is 32.3 Å². The van der Waals surface area contributed by atoms with Gasteiger partial charge in [0, 0.05) is 12.6 Å². The van der Waals surface area contributed by atoms with Crippen LogP contribution in [-0.2, 0) is 0 Å². The van der Waals surface area contributed by atoms with Crippen molar-refractivity contribution in [3.05, 3.63) is 0 Å². The van der Waals surface area contributed by atoms with Gasteiger partial charge in [0.15, 0.2) is 0 Å². The van der Waals surface area contributed by atoms with E-state index in [2.05, 4.69) is 12.2 Å². The maximum Gasteiger partial charge on any atom is 0.0771 e. The molecule has 2 atom stereocenters. The van der Waals surface area contributed by atoms with Gasteiger partial charge in [0.2, 0.25) is 0 Å². The Morgan fingerprint density at radius 3 is 2.53 bits per heavy atom. The van der Waals surface area contributed by atoms with Gasteiger partial charge in [0.1, 0.15) is 0 Å². The predicted molar refractivity (Wildman–Crippen MR) is 62.8 cm³/mol. The maximum atomic E-state index is 10.3. The monoisotopic (exact) mass is 211 g/mol. The molecule has 0 aromatic rings. The lowest BCUT2D eigenvalue weighted by Gasteiger charge is -2.33. The van der Waals surface area contributed by atoms with Crippen molar-refractivity contribution in [2.75, 3.05) is 6.54 Å². The lowest BCUT2D eigenvalue weighted by molar-refractivity contribution is 0.00272. The standard InChI is InChI=1S/C13H25NO/c1-11-5-6-12(9-11)14-10-13(15)7-3-2-4-8-13/h11-12,14-15H,2-10H2,1H3/t11-,12-/m0/s1. The fourth-order valence-corrected chi connectivity index (χ4v) is 3.11. The highest BCUT2D eigenvalue weighted by Crippen LogP contribution is 2.29. The van der Waals surface area contributed by atoms with Gasteiger partial charge < -0.3 is 10.4 Å². The molecule has 88 valence electrons. The Morgan fingerprint density at radius 1 is 1.20 bits per heavy atom. The number of rotatable bonds is 3. The molecule has 2 N–H and O–H groups in total. The third-order valence-electron chi connectivity index (χ3n) is 4.20. The van der Waals surface area contributed by atoms with E-state index in [1.54, 1.807) is 0 Å². The first-order chi connectivity index (χ1) is 7.18. The van der Waals surface area contributed by atoms with E-state index in [4.69, 9.17) is 0 Å². The van der Waals surface area contributed by atoms with Crippen LogP contribution in [0.4, 0.5) is 0 Å². The summed E-state index contributed by atoms with van der Waals surface area (Å²) in [4.78, 5) is 0. The summed E-state index contributed by atoms with van der Waals surface area (Å²) in [5.74, 6) is 0.878. The van der Waals surface area contributed by atoms with Crippen LogP contribution in [0, 0.1) is 5.92 Å². The first-order valence-corrected chi connectivity index (χ1v) is 6.64. The van der Waals surface area contributed by atoms with Crippen molar-refractivity contribution in [2.24, 2.45) is 5.92 Å². The Morgan fingerprint density at radius 2 is 1.93 bits per heavy atom. The van der Waals surface area contributed by atoms with Gasteiger partial charge in [-0.3, -0.25) is 0 Å². The zero-order valence-electron chi connectivity index (χ0n) is 9.97. The second-order valence-electron chi connectivity index (χ2n) is 5.78. The van der Waals surface area contributed by atoms with Crippen molar-refractivity contribution < 1.29 is 5.11 Å². The number of nitrogens with one attached hydrogen (secondary N) is 1. The van der Waals surface area contributed by atoms with Gasteiger partial charge >= 0.3 is 0 Å². The van der Waals surface area contributed by atoms with Crippen LogP contribution in [0.1, 0.15) is 58.3 Å². The molecule has 0 unspecified atom stereocenters. The van der Waals surface area contributed by atoms with Gasteiger partial charge in [-0.15, -0.1) is 0 Å². The van der Waals surface area contributed by atoms with Gasteiger partial charge in [-0.1, -0.05) is 26.2 Å². The lowest BCUT2D eigenvalue weighted by atomic mass is 9.84. The largest absolute Gasteiger partial charge is 0.389 e. The third kappa shape index (κ3) is 3.18. The normalized spacial score (nSPS) is 35.6. The van der Waals surface area contributed by atoms with Crippen LogP contribution in [0.3, 0.4) is 0 Å². The maximum absolute atomic E-state index is 10.3. The molecular formula is C13H25NO. The van der Waals surface area contributed by atoms with Gasteiger partial charge in [-0.25, -0.2) is 0 Å². The molecule has 2 fully saturated rings. The summed E-state index contributed by atoms with van der Waals surface area (Å²) in [6.07, 6.45) is 9.69. The summed E-state index contributed by atoms with van der Waals surface area (Å²) in [5, 5.41) is 13.9. The number of hydrogen-bond donors (Lipinski definition) is 2. The molecule has 0 amide bonds. The molecule has 0 aromatic heterocycles. The summed E-state index contributed by atoms with van der Waals surface area (Å²) in [6.45, 7) is 3.15. The molecule has 0 radical (unpaired) electrons. The predicted octanol–water partition coefficient (Wildman–Crippen LogP) is 2.46. The summed E-state index contributed by atoms with van der Waals surface area (Å²) < 4.78 is 0. The van der Waals surface area contributed by atoms with E-state index in [-0.39, 0.29) is 5.60 Å². The molecule has 2 heteroatoms. The van der Waals surface area contributed by atoms with Gasteiger partial charge in [0.25, 0.3) is 0 Å². The zero-order valence-corrected chi connectivity index (χ0v) is 9.97. The Kier molecular flexibility index (Phi) is 3.68. The summed E-state index contributed by atoms with van der Waals surface area (Å²) in [6, 6.07) is 0.672. The van der Waals surface area contributed by atoms with Crippen molar-refractivity contribution in [3.63, 3.8) is 0 Å². The highest BCUT2D eigenvalue weighted by molar-refractivity contribution is 4.87. The minimum Gasteiger partial charge on any atom is -0.389 e. The fourth-order valence-electron chi connectivity index (χ4n) is 3.11. The molecule has 0 heterocycles. The quantitative estimate of drug-likeness (QED) is 0.751. The Labute approximate surface area is 93.5 Å². The van der Waals surface area contributed by atoms with Crippen molar-refractivity contribution in [1.82, 2.24) is 5.32 Å². The fraction of sp³-hybridized carbons (Fsp3) is 1.00. The molecule has 2 nitrogen and oxygen atoms in total. The molecule has 2 rings (SSSR count). The highest BCUT2D eigenvalue weighted by Gasteiger charge is 2.30. The SMILES string of the molecule is C[C@H]1CC[C@H](NCC2(O)CCCCC2)C1. The third-order valence-corrected chi connectivity index (χ3v) is 4.20. The molecule has 15 heavy (non-hydrogen) atoms. The average molecular weight is 211 g/mol. The van der Waals surface area contributed by atoms with Crippen LogP contribution in [-0.4, -0.2) is 23.3 Å². The van der Waals surface area contributed by atoms with Crippen LogP contribution in [0.2, 0.25) is 0 Å². The molecule has 0 bridgehead atoms. The number of aliphatic hydroxyl groups is 1. The zero-order chi connectivity index (χ0) is 10.7. The second kappa shape index (κ2) is 4.84. The minimum atomic E-state index is -0.385. The van der Waals surface area contributed by atoms with E-state index in [9.17, 15) is 5.11 Å². The molecule has 0 aliphatic heterocycles. The van der Waals surface area contributed by atoms with Gasteiger partial charge in [-0.05, 0) is 38.0 Å². The van der Waals surface area contributed by atoms with E-state index in [1.807, 2.05) is 0 Å². The second-order valence-corrected chi connectivity index (χ2v) is 5.78. The molecule has 0 spiro atoms. The molecule has 0 saturated heterocycles. The molecule has 2 aliphatic rings. The molecular weight excluding hydrogens is 186 g/mol. The summed E-state index contributed by atoms with van der Waals surface area (Å²) >= 11 is 0. The van der Waals surface area contributed by atoms with Crippen LogP contribution in [0.25, 0.3) is 0 Å². The van der Waals surface area contributed by atoms with Crippen LogP contribution in [0.15, 0.2) is 0 Å². The summed E-state index contributed by atoms with van der Waals surface area (Å²) in [7, 11) is 0. The Balaban J connectivity index is 1.72. The number of hydrogen-bond acceptors (Lipinski definition) is 2. The van der Waals surface area contributed by atoms with E-state index in [1.165, 1.54) is 38.5 Å². The van der Waals surface area contributed by atoms with E-state index in [0.29, 0.717) is 6.04 Å². The van der Waals surface area contributed by atoms with Gasteiger partial charge in [0.05, 0.1) is 5.60 Å². The average Bonchev–Trinajstić information content (AvgIpc) is 2.63. The smallest absolute Gasteiger partial charge is 0.0771 e. The van der Waals surface area contributed by atoms with Crippen molar-refractivity contribution in [1.29, 1.82) is 0 Å². The van der Waals surface area contributed by atoms with Crippen LogP contribution >= 0.6 is 0 Å². The first kappa shape index (κ1) is 11.4. The Bertz CT molecular complexity index is 199. The molecule has 2 saturated carbocycles. The van der Waals surface area contributed by atoms with Gasteiger partial charge in [-0.2, -0.15) is 0 Å². The van der Waals surface area contributed by atoms with Crippen LogP contribution in [0.5, 0.6) is 0 Å². The lowest BCUT2D eigenvalue weighted by Crippen LogP contribution is -2.45. The molecule has 2 aliphatic carbocycles. The highest BCUT2D eigenvalue weighted by atomic mass is 16.3. The van der Waals surface area contributed by atoms with E-state index >= 15 is 0 Å². The van der Waals surface area contributed by atoms with Crippen molar-refractivity contribution >= 4 is 0 Å². The van der Waals surface area contributed by atoms with E-state index < -0.39 is 0 Å². The van der Waals surface area contributed by atoms with Crippen LogP contribution < -0.4 is 5.32 Å². The Hall–Kier alpha value is -0.0800. The minimum absolute atomic E-state index is 0.385. The molecule has 0 aromatic carbocycles. The van der Waals surface area contributed by atoms with Crippen molar-refractivity contribution in [2.45, 2.75) is 69.9 Å².